The largest absolute Gasteiger partial charge is 0.444 e. The topological polar surface area (TPSA) is 82.4 Å². The molecular weight excluding hydrogens is 466 g/mol. The number of carbonyl (C=O) groups is 1. The molecule has 1 aromatic carbocycles. The molecule has 8 heteroatoms. The molecule has 8 nitrogen and oxygen atoms in total. The number of aryl methyl sites for hydroxylation is 2. The molecule has 37 heavy (non-hydrogen) atoms. The minimum Gasteiger partial charge on any atom is -0.444 e. The molecule has 1 amide bonds. The Hall–Kier alpha value is -3.42. The molecular formula is C29H39N5O3. The first-order chi connectivity index (χ1) is 17.5. The summed E-state index contributed by atoms with van der Waals surface area (Å²) in [4.78, 5) is 19.1. The molecule has 1 fully saturated rings. The third-order valence-electron chi connectivity index (χ3n) is 6.27. The van der Waals surface area contributed by atoms with Gasteiger partial charge in [0.1, 0.15) is 17.0 Å². The third kappa shape index (κ3) is 6.87. The SMILES string of the molecule is Cc1cc(CC(C)C)cc(Oc2cccc(-c3c(C)nnn3C3CCN(C(=O)OC(C)(C)C)CC3)n2)c1. The summed E-state index contributed by atoms with van der Waals surface area (Å²) in [6, 6.07) is 12.2. The molecule has 2 aromatic heterocycles. The number of benzene rings is 1. The molecule has 1 aliphatic rings. The molecule has 0 spiro atoms. The van der Waals surface area contributed by atoms with Crippen molar-refractivity contribution >= 4 is 6.09 Å². The van der Waals surface area contributed by atoms with Crippen molar-refractivity contribution in [3.05, 3.63) is 53.2 Å². The molecule has 1 saturated heterocycles. The Kier molecular flexibility index (Phi) is 7.85. The van der Waals surface area contributed by atoms with Crippen LogP contribution < -0.4 is 4.74 Å². The summed E-state index contributed by atoms with van der Waals surface area (Å²) >= 11 is 0. The minimum atomic E-state index is -0.503. The van der Waals surface area contributed by atoms with Gasteiger partial charge in [-0.2, -0.15) is 0 Å². The van der Waals surface area contributed by atoms with Gasteiger partial charge >= 0.3 is 6.09 Å². The van der Waals surface area contributed by atoms with Crippen LogP contribution in [0.3, 0.4) is 0 Å². The number of aromatic nitrogens is 4. The van der Waals surface area contributed by atoms with E-state index in [1.165, 1.54) is 11.1 Å². The van der Waals surface area contributed by atoms with Crippen molar-refractivity contribution in [3.63, 3.8) is 0 Å². The van der Waals surface area contributed by atoms with Crippen LogP contribution in [-0.4, -0.2) is 49.7 Å². The maximum absolute atomic E-state index is 12.5. The summed E-state index contributed by atoms with van der Waals surface area (Å²) in [5.74, 6) is 1.89. The summed E-state index contributed by atoms with van der Waals surface area (Å²) in [5.41, 5.74) is 4.39. The Morgan fingerprint density at radius 2 is 1.84 bits per heavy atom. The lowest BCUT2D eigenvalue weighted by Crippen LogP contribution is -2.42. The molecule has 0 N–H and O–H groups in total. The van der Waals surface area contributed by atoms with Crippen molar-refractivity contribution in [3.8, 4) is 23.0 Å². The number of likely N-dealkylation sites (tertiary alicyclic amines) is 1. The summed E-state index contributed by atoms with van der Waals surface area (Å²) in [6.07, 6.45) is 2.28. The minimum absolute atomic E-state index is 0.122. The van der Waals surface area contributed by atoms with Crippen molar-refractivity contribution in [2.75, 3.05) is 13.1 Å². The Balaban J connectivity index is 1.51. The zero-order chi connectivity index (χ0) is 26.7. The predicted molar refractivity (Wildman–Crippen MR) is 144 cm³/mol. The van der Waals surface area contributed by atoms with Gasteiger partial charge in [0.05, 0.1) is 17.4 Å². The van der Waals surface area contributed by atoms with Gasteiger partial charge in [-0.1, -0.05) is 31.2 Å². The first-order valence-electron chi connectivity index (χ1n) is 13.1. The average Bonchev–Trinajstić information content (AvgIpc) is 3.18. The summed E-state index contributed by atoms with van der Waals surface area (Å²) in [5, 5.41) is 8.82. The van der Waals surface area contributed by atoms with Crippen LogP contribution in [-0.2, 0) is 11.2 Å². The number of rotatable bonds is 6. The molecule has 1 aliphatic heterocycles. The highest BCUT2D eigenvalue weighted by atomic mass is 16.6. The van der Waals surface area contributed by atoms with Crippen molar-refractivity contribution in [2.45, 2.75) is 79.4 Å². The van der Waals surface area contributed by atoms with E-state index in [0.29, 0.717) is 24.9 Å². The lowest BCUT2D eigenvalue weighted by molar-refractivity contribution is 0.0185. The van der Waals surface area contributed by atoms with Gasteiger partial charge in [-0.05, 0) is 89.1 Å². The zero-order valence-electron chi connectivity index (χ0n) is 23.1. The van der Waals surface area contributed by atoms with Gasteiger partial charge in [-0.25, -0.2) is 14.5 Å². The number of carbonyl (C=O) groups excluding carboxylic acids is 1. The number of hydrogen-bond acceptors (Lipinski definition) is 6. The van der Waals surface area contributed by atoms with E-state index in [1.807, 2.05) is 56.6 Å². The fourth-order valence-electron chi connectivity index (χ4n) is 4.75. The van der Waals surface area contributed by atoms with Gasteiger partial charge in [0.2, 0.25) is 5.88 Å². The maximum Gasteiger partial charge on any atom is 0.410 e. The summed E-state index contributed by atoms with van der Waals surface area (Å²) in [6.45, 7) is 15.3. The molecule has 0 bridgehead atoms. The van der Waals surface area contributed by atoms with Crippen LogP contribution in [0.25, 0.3) is 11.4 Å². The number of pyridine rings is 1. The Labute approximate surface area is 220 Å². The molecule has 0 saturated carbocycles. The van der Waals surface area contributed by atoms with E-state index in [2.05, 4.69) is 43.2 Å². The number of ether oxygens (including phenoxy) is 2. The van der Waals surface area contributed by atoms with Gasteiger partial charge in [-0.15, -0.1) is 5.10 Å². The van der Waals surface area contributed by atoms with E-state index >= 15 is 0 Å². The highest BCUT2D eigenvalue weighted by Crippen LogP contribution is 2.31. The maximum atomic E-state index is 12.5. The number of hydrogen-bond donors (Lipinski definition) is 0. The first kappa shape index (κ1) is 26.6. The summed E-state index contributed by atoms with van der Waals surface area (Å²) < 4.78 is 13.7. The first-order valence-corrected chi connectivity index (χ1v) is 13.1. The van der Waals surface area contributed by atoms with Gasteiger partial charge in [0.25, 0.3) is 0 Å². The molecule has 4 rings (SSSR count). The van der Waals surface area contributed by atoms with Gasteiger partial charge in [-0.3, -0.25) is 0 Å². The standard InChI is InChI=1S/C29H39N5O3/c1-19(2)15-22-16-20(3)17-24(18-22)36-26-10-8-9-25(30-26)27-21(4)31-32-34(27)23-11-13-33(14-12-23)28(35)37-29(5,6)7/h8-10,16-19,23H,11-15H2,1-7H3. The van der Waals surface area contributed by atoms with E-state index in [4.69, 9.17) is 14.5 Å². The lowest BCUT2D eigenvalue weighted by atomic mass is 10.0. The van der Waals surface area contributed by atoms with Crippen LogP contribution >= 0.6 is 0 Å². The quantitative estimate of drug-likeness (QED) is 0.379. The third-order valence-corrected chi connectivity index (χ3v) is 6.27. The fourth-order valence-corrected chi connectivity index (χ4v) is 4.75. The lowest BCUT2D eigenvalue weighted by Gasteiger charge is -2.33. The van der Waals surface area contributed by atoms with Crippen LogP contribution in [0.15, 0.2) is 36.4 Å². The second-order valence-corrected chi connectivity index (χ2v) is 11.4. The van der Waals surface area contributed by atoms with Crippen molar-refractivity contribution in [1.82, 2.24) is 24.9 Å². The predicted octanol–water partition coefficient (Wildman–Crippen LogP) is 6.52. The monoisotopic (exact) mass is 505 g/mol. The Bertz CT molecular complexity index is 1240. The molecule has 0 aliphatic carbocycles. The fraction of sp³-hybridized carbons (Fsp3) is 0.517. The molecule has 0 unspecified atom stereocenters. The van der Waals surface area contributed by atoms with Crippen molar-refractivity contribution < 1.29 is 14.3 Å². The molecule has 3 heterocycles. The molecule has 0 radical (unpaired) electrons. The van der Waals surface area contributed by atoms with E-state index in [0.717, 1.165) is 42.1 Å². The number of amides is 1. The van der Waals surface area contributed by atoms with Crippen molar-refractivity contribution in [2.24, 2.45) is 5.92 Å². The Morgan fingerprint density at radius 1 is 1.11 bits per heavy atom. The van der Waals surface area contributed by atoms with E-state index in [9.17, 15) is 4.79 Å². The Morgan fingerprint density at radius 3 is 2.51 bits per heavy atom. The van der Waals surface area contributed by atoms with Crippen LogP contribution in [0.4, 0.5) is 4.79 Å². The van der Waals surface area contributed by atoms with E-state index < -0.39 is 5.60 Å². The number of nitrogens with zero attached hydrogens (tertiary/aromatic N) is 5. The van der Waals surface area contributed by atoms with Crippen LogP contribution in [0.5, 0.6) is 11.6 Å². The molecule has 0 atom stereocenters. The van der Waals surface area contributed by atoms with Gasteiger partial charge in [0.15, 0.2) is 0 Å². The van der Waals surface area contributed by atoms with Crippen LogP contribution in [0.2, 0.25) is 0 Å². The average molecular weight is 506 g/mol. The van der Waals surface area contributed by atoms with Gasteiger partial charge in [0, 0.05) is 19.2 Å². The van der Waals surface area contributed by atoms with Crippen molar-refractivity contribution in [1.29, 1.82) is 0 Å². The molecule has 3 aromatic rings. The van der Waals surface area contributed by atoms with Crippen LogP contribution in [0.1, 0.15) is 70.3 Å². The van der Waals surface area contributed by atoms with Gasteiger partial charge < -0.3 is 14.4 Å². The normalized spacial score (nSPS) is 14.8. The van der Waals surface area contributed by atoms with Crippen LogP contribution in [0, 0.1) is 19.8 Å². The highest BCUT2D eigenvalue weighted by Gasteiger charge is 2.30. The summed E-state index contributed by atoms with van der Waals surface area (Å²) in [7, 11) is 0. The second kappa shape index (κ2) is 10.9. The van der Waals surface area contributed by atoms with E-state index in [-0.39, 0.29) is 12.1 Å². The van der Waals surface area contributed by atoms with E-state index in [1.54, 1.807) is 4.90 Å². The number of piperidine rings is 1. The molecule has 198 valence electrons. The second-order valence-electron chi connectivity index (χ2n) is 11.4. The zero-order valence-corrected chi connectivity index (χ0v) is 23.1. The smallest absolute Gasteiger partial charge is 0.410 e. The highest BCUT2D eigenvalue weighted by molar-refractivity contribution is 5.68.